The van der Waals surface area contributed by atoms with Gasteiger partial charge in [-0.25, -0.2) is 10.4 Å². The molecule has 0 aliphatic carbocycles. The van der Waals surface area contributed by atoms with Gasteiger partial charge in [0.05, 0.1) is 18.2 Å². The Morgan fingerprint density at radius 3 is 3.11 bits per heavy atom. The van der Waals surface area contributed by atoms with E-state index in [0.29, 0.717) is 18.1 Å². The van der Waals surface area contributed by atoms with Gasteiger partial charge in [0.15, 0.2) is 0 Å². The van der Waals surface area contributed by atoms with E-state index in [-0.39, 0.29) is 6.04 Å². The van der Waals surface area contributed by atoms with Gasteiger partial charge < -0.3 is 9.30 Å². The first-order chi connectivity index (χ1) is 8.83. The summed E-state index contributed by atoms with van der Waals surface area (Å²) in [5.41, 5.74) is 2.97. The molecule has 3 heterocycles. The highest BCUT2D eigenvalue weighted by atomic mass is 16.5. The molecule has 2 fully saturated rings. The summed E-state index contributed by atoms with van der Waals surface area (Å²) in [6.45, 7) is 3.17. The summed E-state index contributed by atoms with van der Waals surface area (Å²) in [5, 5.41) is 0. The Morgan fingerprint density at radius 2 is 2.50 bits per heavy atom. The SMILES string of the molecule is CCCn1ccnc1C(NN)C1CC2CCC1O2. The van der Waals surface area contributed by atoms with Gasteiger partial charge in [0.25, 0.3) is 0 Å². The Balaban J connectivity index is 1.81. The van der Waals surface area contributed by atoms with Gasteiger partial charge in [0.1, 0.15) is 5.82 Å². The Labute approximate surface area is 108 Å². The summed E-state index contributed by atoms with van der Waals surface area (Å²) < 4.78 is 8.14. The normalized spacial score (nSPS) is 32.0. The molecule has 3 N–H and O–H groups in total. The first-order valence-corrected chi connectivity index (χ1v) is 6.96. The van der Waals surface area contributed by atoms with Crippen molar-refractivity contribution in [1.29, 1.82) is 0 Å². The van der Waals surface area contributed by atoms with Crippen LogP contribution in [0.5, 0.6) is 0 Å². The lowest BCUT2D eigenvalue weighted by Crippen LogP contribution is -2.39. The van der Waals surface area contributed by atoms with E-state index in [2.05, 4.69) is 21.9 Å². The molecular formula is C13H22N4O. The summed E-state index contributed by atoms with van der Waals surface area (Å²) in [6, 6.07) is 0.113. The van der Waals surface area contributed by atoms with E-state index in [1.165, 1.54) is 12.8 Å². The third-order valence-corrected chi connectivity index (χ3v) is 4.25. The maximum atomic E-state index is 5.93. The molecule has 1 aromatic heterocycles. The number of rotatable bonds is 5. The summed E-state index contributed by atoms with van der Waals surface area (Å²) >= 11 is 0. The lowest BCUT2D eigenvalue weighted by Gasteiger charge is -2.27. The van der Waals surface area contributed by atoms with Crippen molar-refractivity contribution < 1.29 is 4.74 Å². The highest BCUT2D eigenvalue weighted by Crippen LogP contribution is 2.44. The maximum absolute atomic E-state index is 5.93. The highest BCUT2D eigenvalue weighted by molar-refractivity contribution is 5.06. The van der Waals surface area contributed by atoms with Crippen molar-refractivity contribution >= 4 is 0 Å². The molecule has 0 amide bonds. The first-order valence-electron chi connectivity index (χ1n) is 6.96. The molecular weight excluding hydrogens is 228 g/mol. The number of hydrogen-bond donors (Lipinski definition) is 2. The zero-order valence-electron chi connectivity index (χ0n) is 10.9. The van der Waals surface area contributed by atoms with Gasteiger partial charge in [0, 0.05) is 24.9 Å². The second-order valence-electron chi connectivity index (χ2n) is 5.40. The molecule has 0 aromatic carbocycles. The number of imidazole rings is 1. The minimum absolute atomic E-state index is 0.113. The van der Waals surface area contributed by atoms with Crippen LogP contribution in [0, 0.1) is 5.92 Å². The average Bonchev–Trinajstić information content (AvgIpc) is 3.07. The largest absolute Gasteiger partial charge is 0.375 e. The summed E-state index contributed by atoms with van der Waals surface area (Å²) in [5.74, 6) is 7.30. The predicted octanol–water partition coefficient (Wildman–Crippen LogP) is 1.36. The van der Waals surface area contributed by atoms with Gasteiger partial charge in [-0.3, -0.25) is 5.84 Å². The molecule has 5 heteroatoms. The van der Waals surface area contributed by atoms with Crippen LogP contribution in [0.25, 0.3) is 0 Å². The fourth-order valence-electron chi connectivity index (χ4n) is 3.45. The van der Waals surface area contributed by atoms with Crippen molar-refractivity contribution in [2.45, 2.75) is 57.4 Å². The van der Waals surface area contributed by atoms with Crippen LogP contribution in [0.15, 0.2) is 12.4 Å². The number of aryl methyl sites for hydroxylation is 1. The van der Waals surface area contributed by atoms with Crippen LogP contribution >= 0.6 is 0 Å². The van der Waals surface area contributed by atoms with Gasteiger partial charge in [-0.05, 0) is 25.7 Å². The van der Waals surface area contributed by atoms with E-state index in [4.69, 9.17) is 10.6 Å². The number of aromatic nitrogens is 2. The molecule has 2 aliphatic rings. The Morgan fingerprint density at radius 1 is 1.61 bits per heavy atom. The van der Waals surface area contributed by atoms with Crippen molar-refractivity contribution in [3.05, 3.63) is 18.2 Å². The molecule has 0 saturated carbocycles. The maximum Gasteiger partial charge on any atom is 0.127 e. The van der Waals surface area contributed by atoms with E-state index in [0.717, 1.165) is 25.2 Å². The standard InChI is InChI=1S/C13H22N4O/c1-2-6-17-7-5-15-13(17)12(16-14)10-8-9-3-4-11(10)18-9/h5,7,9-12,16H,2-4,6,8,14H2,1H3. The number of hydrogen-bond acceptors (Lipinski definition) is 4. The van der Waals surface area contributed by atoms with Crippen LogP contribution in [0.4, 0.5) is 0 Å². The number of hydrazine groups is 1. The summed E-state index contributed by atoms with van der Waals surface area (Å²) in [6.07, 6.45) is 9.31. The van der Waals surface area contributed by atoms with E-state index < -0.39 is 0 Å². The van der Waals surface area contributed by atoms with Gasteiger partial charge in [-0.2, -0.15) is 0 Å². The molecule has 18 heavy (non-hydrogen) atoms. The van der Waals surface area contributed by atoms with E-state index >= 15 is 0 Å². The molecule has 4 atom stereocenters. The van der Waals surface area contributed by atoms with Crippen molar-refractivity contribution in [1.82, 2.24) is 15.0 Å². The van der Waals surface area contributed by atoms with Crippen LogP contribution in [-0.2, 0) is 11.3 Å². The van der Waals surface area contributed by atoms with Crippen LogP contribution in [0.3, 0.4) is 0 Å². The van der Waals surface area contributed by atoms with Gasteiger partial charge in [-0.15, -0.1) is 0 Å². The minimum atomic E-state index is 0.113. The molecule has 0 radical (unpaired) electrons. The predicted molar refractivity (Wildman–Crippen MR) is 68.6 cm³/mol. The number of nitrogens with two attached hydrogens (primary N) is 1. The first kappa shape index (κ1) is 12.1. The summed E-state index contributed by atoms with van der Waals surface area (Å²) in [7, 11) is 0. The topological polar surface area (TPSA) is 65.1 Å². The molecule has 0 spiro atoms. The van der Waals surface area contributed by atoms with E-state index in [9.17, 15) is 0 Å². The van der Waals surface area contributed by atoms with Gasteiger partial charge in [0.2, 0.25) is 0 Å². The number of nitrogens with one attached hydrogen (secondary N) is 1. The Hall–Kier alpha value is -0.910. The number of fused-ring (bicyclic) bond motifs is 2. The van der Waals surface area contributed by atoms with Crippen LogP contribution in [0.2, 0.25) is 0 Å². The Kier molecular flexibility index (Phi) is 3.37. The van der Waals surface area contributed by atoms with Gasteiger partial charge >= 0.3 is 0 Å². The molecule has 4 unspecified atom stereocenters. The zero-order chi connectivity index (χ0) is 12.5. The smallest absolute Gasteiger partial charge is 0.127 e. The zero-order valence-corrected chi connectivity index (χ0v) is 10.9. The summed E-state index contributed by atoms with van der Waals surface area (Å²) in [4.78, 5) is 4.50. The second kappa shape index (κ2) is 4.99. The van der Waals surface area contributed by atoms with Crippen molar-refractivity contribution in [3.63, 3.8) is 0 Å². The fraction of sp³-hybridized carbons (Fsp3) is 0.769. The lowest BCUT2D eigenvalue weighted by molar-refractivity contribution is 0.0846. The Bertz CT molecular complexity index is 405. The van der Waals surface area contributed by atoms with Gasteiger partial charge in [-0.1, -0.05) is 6.92 Å². The molecule has 2 saturated heterocycles. The van der Waals surface area contributed by atoms with Crippen molar-refractivity contribution in [2.24, 2.45) is 11.8 Å². The average molecular weight is 250 g/mol. The fourth-order valence-corrected chi connectivity index (χ4v) is 3.45. The van der Waals surface area contributed by atoms with Crippen LogP contribution < -0.4 is 11.3 Å². The molecule has 3 rings (SSSR count). The van der Waals surface area contributed by atoms with E-state index in [1.807, 2.05) is 12.4 Å². The quantitative estimate of drug-likeness (QED) is 0.612. The monoisotopic (exact) mass is 250 g/mol. The number of nitrogens with zero attached hydrogens (tertiary/aromatic N) is 2. The van der Waals surface area contributed by atoms with Crippen molar-refractivity contribution in [2.75, 3.05) is 0 Å². The second-order valence-corrected chi connectivity index (χ2v) is 5.40. The molecule has 100 valence electrons. The molecule has 2 aliphatic heterocycles. The van der Waals surface area contributed by atoms with Crippen molar-refractivity contribution in [3.8, 4) is 0 Å². The molecule has 1 aromatic rings. The van der Waals surface area contributed by atoms with E-state index in [1.54, 1.807) is 0 Å². The lowest BCUT2D eigenvalue weighted by atomic mass is 9.83. The van der Waals surface area contributed by atoms with Crippen LogP contribution in [-0.4, -0.2) is 21.8 Å². The molecule has 2 bridgehead atoms. The third-order valence-electron chi connectivity index (χ3n) is 4.25. The highest BCUT2D eigenvalue weighted by Gasteiger charge is 2.45. The third kappa shape index (κ3) is 1.96. The van der Waals surface area contributed by atoms with Crippen LogP contribution in [0.1, 0.15) is 44.5 Å². The minimum Gasteiger partial charge on any atom is -0.375 e. The number of ether oxygens (including phenoxy) is 1. The molecule has 5 nitrogen and oxygen atoms in total.